The molecule has 1 aliphatic rings. The minimum atomic E-state index is -4.79. The van der Waals surface area contributed by atoms with Crippen LogP contribution in [0.25, 0.3) is 11.1 Å². The SMILES string of the molecule is Cc1ccc(-c2cc(C(=O)Nc3ccc(OC(F)(F)F)cc3)cnc2N2CCC(C(C)(C)O)C2)cn1. The van der Waals surface area contributed by atoms with Crippen molar-refractivity contribution in [3.05, 3.63) is 66.1 Å². The Balaban J connectivity index is 1.60. The van der Waals surface area contributed by atoms with Gasteiger partial charge in [-0.15, -0.1) is 13.2 Å². The van der Waals surface area contributed by atoms with Gasteiger partial charge in [0.1, 0.15) is 11.6 Å². The molecule has 1 amide bonds. The van der Waals surface area contributed by atoms with Crippen LogP contribution in [0.3, 0.4) is 0 Å². The molecule has 1 unspecified atom stereocenters. The van der Waals surface area contributed by atoms with E-state index >= 15 is 0 Å². The number of aliphatic hydroxyl groups is 1. The van der Waals surface area contributed by atoms with E-state index in [4.69, 9.17) is 0 Å². The van der Waals surface area contributed by atoms with E-state index in [9.17, 15) is 23.1 Å². The van der Waals surface area contributed by atoms with Crippen molar-refractivity contribution >= 4 is 17.4 Å². The molecule has 1 fully saturated rings. The number of amides is 1. The fourth-order valence-corrected chi connectivity index (χ4v) is 4.15. The van der Waals surface area contributed by atoms with Crippen molar-refractivity contribution < 1.29 is 27.8 Å². The Morgan fingerprint density at radius 3 is 2.42 bits per heavy atom. The number of hydrogen-bond donors (Lipinski definition) is 2. The number of carbonyl (C=O) groups excluding carboxylic acids is 1. The van der Waals surface area contributed by atoms with Gasteiger partial charge in [-0.2, -0.15) is 0 Å². The van der Waals surface area contributed by atoms with Gasteiger partial charge in [-0.1, -0.05) is 6.07 Å². The maximum atomic E-state index is 13.0. The number of benzene rings is 1. The number of nitrogens with zero attached hydrogens (tertiary/aromatic N) is 3. The van der Waals surface area contributed by atoms with Crippen LogP contribution in [0, 0.1) is 12.8 Å². The van der Waals surface area contributed by atoms with Crippen molar-refractivity contribution in [1.82, 2.24) is 9.97 Å². The second kappa shape index (κ2) is 9.77. The quantitative estimate of drug-likeness (QED) is 0.484. The Labute approximate surface area is 207 Å². The fraction of sp³-hybridized carbons (Fsp3) is 0.346. The first-order chi connectivity index (χ1) is 16.9. The monoisotopic (exact) mass is 500 g/mol. The first-order valence-electron chi connectivity index (χ1n) is 11.5. The van der Waals surface area contributed by atoms with Gasteiger partial charge in [-0.25, -0.2) is 4.98 Å². The third-order valence-corrected chi connectivity index (χ3v) is 6.18. The van der Waals surface area contributed by atoms with E-state index in [2.05, 4.69) is 24.9 Å². The highest BCUT2D eigenvalue weighted by atomic mass is 19.4. The second-order valence-corrected chi connectivity index (χ2v) is 9.39. The van der Waals surface area contributed by atoms with E-state index < -0.39 is 17.9 Å². The number of hydrogen-bond acceptors (Lipinski definition) is 6. The van der Waals surface area contributed by atoms with E-state index in [0.29, 0.717) is 24.6 Å². The van der Waals surface area contributed by atoms with Gasteiger partial charge in [0.25, 0.3) is 5.91 Å². The summed E-state index contributed by atoms with van der Waals surface area (Å²) in [4.78, 5) is 24.0. The molecule has 3 heterocycles. The van der Waals surface area contributed by atoms with Crippen LogP contribution in [0.4, 0.5) is 24.7 Å². The number of carbonyl (C=O) groups is 1. The molecule has 0 radical (unpaired) electrons. The van der Waals surface area contributed by atoms with Crippen molar-refractivity contribution in [1.29, 1.82) is 0 Å². The van der Waals surface area contributed by atoms with Crippen LogP contribution < -0.4 is 15.0 Å². The zero-order valence-corrected chi connectivity index (χ0v) is 20.1. The predicted octanol–water partition coefficient (Wildman–Crippen LogP) is 5.20. The summed E-state index contributed by atoms with van der Waals surface area (Å²) < 4.78 is 41.0. The topological polar surface area (TPSA) is 87.6 Å². The molecule has 0 aliphatic carbocycles. The van der Waals surface area contributed by atoms with Gasteiger partial charge < -0.3 is 20.1 Å². The molecule has 0 bridgehead atoms. The molecule has 0 spiro atoms. The van der Waals surface area contributed by atoms with Crippen LogP contribution in [0.15, 0.2) is 54.9 Å². The van der Waals surface area contributed by atoms with Crippen LogP contribution >= 0.6 is 0 Å². The third kappa shape index (κ3) is 6.12. The number of nitrogens with one attached hydrogen (secondary N) is 1. The number of anilines is 2. The Hall–Kier alpha value is -3.66. The third-order valence-electron chi connectivity index (χ3n) is 6.18. The average molecular weight is 501 g/mol. The Kier molecular flexibility index (Phi) is 6.90. The Morgan fingerprint density at radius 1 is 1.11 bits per heavy atom. The molecule has 36 heavy (non-hydrogen) atoms. The van der Waals surface area contributed by atoms with Crippen molar-refractivity contribution in [2.24, 2.45) is 5.92 Å². The van der Waals surface area contributed by atoms with Gasteiger partial charge in [0.05, 0.1) is 11.2 Å². The molecule has 0 saturated carbocycles. The lowest BCUT2D eigenvalue weighted by molar-refractivity contribution is -0.274. The van der Waals surface area contributed by atoms with E-state index in [1.54, 1.807) is 26.1 Å². The normalized spacial score (nSPS) is 16.2. The number of alkyl halides is 3. The molecule has 10 heteroatoms. The summed E-state index contributed by atoms with van der Waals surface area (Å²) in [6.45, 7) is 6.82. The zero-order chi connectivity index (χ0) is 26.1. The highest BCUT2D eigenvalue weighted by Gasteiger charge is 2.35. The van der Waals surface area contributed by atoms with E-state index in [0.717, 1.165) is 35.4 Å². The van der Waals surface area contributed by atoms with Gasteiger partial charge in [0.15, 0.2) is 0 Å². The summed E-state index contributed by atoms with van der Waals surface area (Å²) in [7, 11) is 0. The summed E-state index contributed by atoms with van der Waals surface area (Å²) in [5, 5.41) is 13.1. The molecule has 3 aromatic rings. The van der Waals surface area contributed by atoms with Crippen LogP contribution in [0.2, 0.25) is 0 Å². The molecule has 2 aromatic heterocycles. The van der Waals surface area contributed by atoms with Crippen LogP contribution in [-0.2, 0) is 0 Å². The lowest BCUT2D eigenvalue weighted by Crippen LogP contribution is -2.33. The minimum absolute atomic E-state index is 0.0792. The van der Waals surface area contributed by atoms with Gasteiger partial charge in [0, 0.05) is 53.9 Å². The molecule has 7 nitrogen and oxygen atoms in total. The maximum absolute atomic E-state index is 13.0. The van der Waals surface area contributed by atoms with Gasteiger partial charge in [-0.05, 0) is 63.6 Å². The lowest BCUT2D eigenvalue weighted by atomic mass is 9.90. The lowest BCUT2D eigenvalue weighted by Gasteiger charge is -2.26. The molecule has 1 atom stereocenters. The van der Waals surface area contributed by atoms with Crippen molar-refractivity contribution in [2.75, 3.05) is 23.3 Å². The van der Waals surface area contributed by atoms with Crippen molar-refractivity contribution in [3.63, 3.8) is 0 Å². The molecular formula is C26H27F3N4O3. The standard InChI is InChI=1S/C26H27F3N4O3/c1-16-4-5-17(13-30-16)22-12-18(14-31-23(22)33-11-10-19(15-33)25(2,3)35)24(34)32-20-6-8-21(9-7-20)36-26(27,28)29/h4-9,12-14,19,35H,10-11,15H2,1-3H3,(H,32,34). The first-order valence-corrected chi connectivity index (χ1v) is 11.5. The zero-order valence-electron chi connectivity index (χ0n) is 20.1. The molecule has 4 rings (SSSR count). The second-order valence-electron chi connectivity index (χ2n) is 9.39. The maximum Gasteiger partial charge on any atom is 0.573 e. The summed E-state index contributed by atoms with van der Waals surface area (Å²) in [6, 6.07) is 10.4. The molecular weight excluding hydrogens is 473 g/mol. The number of halogens is 3. The smallest absolute Gasteiger partial charge is 0.406 e. The molecule has 2 N–H and O–H groups in total. The number of aromatic nitrogens is 2. The Bertz CT molecular complexity index is 1220. The molecule has 1 saturated heterocycles. The fourth-order valence-electron chi connectivity index (χ4n) is 4.15. The predicted molar refractivity (Wildman–Crippen MR) is 130 cm³/mol. The largest absolute Gasteiger partial charge is 0.573 e. The average Bonchev–Trinajstić information content (AvgIpc) is 3.30. The number of pyridine rings is 2. The summed E-state index contributed by atoms with van der Waals surface area (Å²) >= 11 is 0. The van der Waals surface area contributed by atoms with E-state index in [-0.39, 0.29) is 17.2 Å². The number of ether oxygens (including phenoxy) is 1. The van der Waals surface area contributed by atoms with Gasteiger partial charge in [0.2, 0.25) is 0 Å². The highest BCUT2D eigenvalue weighted by molar-refractivity contribution is 6.05. The van der Waals surface area contributed by atoms with E-state index in [1.807, 2.05) is 19.1 Å². The van der Waals surface area contributed by atoms with Crippen LogP contribution in [0.5, 0.6) is 5.75 Å². The first kappa shape index (κ1) is 25.4. The minimum Gasteiger partial charge on any atom is -0.406 e. The summed E-state index contributed by atoms with van der Waals surface area (Å²) in [5.41, 5.74) is 2.13. The van der Waals surface area contributed by atoms with Crippen LogP contribution in [-0.4, -0.2) is 46.0 Å². The molecule has 1 aromatic carbocycles. The number of rotatable bonds is 6. The van der Waals surface area contributed by atoms with Gasteiger partial charge in [-0.3, -0.25) is 9.78 Å². The summed E-state index contributed by atoms with van der Waals surface area (Å²) in [6.07, 6.45) is -0.788. The highest BCUT2D eigenvalue weighted by Crippen LogP contribution is 2.35. The summed E-state index contributed by atoms with van der Waals surface area (Å²) in [5.74, 6) is -0.0699. The van der Waals surface area contributed by atoms with Gasteiger partial charge >= 0.3 is 6.36 Å². The van der Waals surface area contributed by atoms with Crippen molar-refractivity contribution in [3.8, 4) is 16.9 Å². The number of aryl methyl sites for hydroxylation is 1. The Morgan fingerprint density at radius 2 is 1.83 bits per heavy atom. The van der Waals surface area contributed by atoms with E-state index in [1.165, 1.54) is 18.3 Å². The molecule has 190 valence electrons. The van der Waals surface area contributed by atoms with Crippen LogP contribution in [0.1, 0.15) is 36.3 Å². The van der Waals surface area contributed by atoms with Crippen molar-refractivity contribution in [2.45, 2.75) is 39.2 Å². The molecule has 1 aliphatic heterocycles.